The summed E-state index contributed by atoms with van der Waals surface area (Å²) < 4.78 is 0. The van der Waals surface area contributed by atoms with Crippen molar-refractivity contribution in [3.8, 4) is 5.75 Å². The van der Waals surface area contributed by atoms with Gasteiger partial charge < -0.3 is 15.7 Å². The van der Waals surface area contributed by atoms with E-state index in [4.69, 9.17) is 5.73 Å². The first-order valence-corrected chi connectivity index (χ1v) is 7.53. The molecule has 3 N–H and O–H groups in total. The number of nitrogens with zero attached hydrogens (tertiary/aromatic N) is 2. The van der Waals surface area contributed by atoms with Gasteiger partial charge in [0.1, 0.15) is 5.75 Å². The monoisotopic (exact) mass is 297 g/mol. The highest BCUT2D eigenvalue weighted by atomic mass is 16.3. The summed E-state index contributed by atoms with van der Waals surface area (Å²) in [7, 11) is 0. The minimum absolute atomic E-state index is 0.236. The zero-order chi connectivity index (χ0) is 16.1. The van der Waals surface area contributed by atoms with Crippen molar-refractivity contribution in [1.82, 2.24) is 0 Å². The molecule has 0 atom stereocenters. The molecule has 0 saturated heterocycles. The number of hydrogen-bond acceptors (Lipinski definition) is 4. The Bertz CT molecular complexity index is 676. The molecule has 0 radical (unpaired) electrons. The number of aliphatic imine (C=N–C) groups is 1. The van der Waals surface area contributed by atoms with Gasteiger partial charge in [-0.05, 0) is 56.7 Å². The van der Waals surface area contributed by atoms with Gasteiger partial charge in [0.2, 0.25) is 0 Å². The molecular weight excluding hydrogens is 274 g/mol. The van der Waals surface area contributed by atoms with E-state index in [0.29, 0.717) is 5.56 Å². The zero-order valence-electron chi connectivity index (χ0n) is 13.4. The van der Waals surface area contributed by atoms with Gasteiger partial charge in [-0.25, -0.2) is 0 Å². The van der Waals surface area contributed by atoms with Crippen LogP contribution in [0.3, 0.4) is 0 Å². The SMILES string of the molecule is CCN(CC)c1ccc(C=Nc2ccc(N)c(C)c2)c(O)c1. The number of benzene rings is 2. The number of hydrogen-bond donors (Lipinski definition) is 2. The van der Waals surface area contributed by atoms with E-state index in [1.807, 2.05) is 37.3 Å². The average molecular weight is 297 g/mol. The number of phenols is 1. The van der Waals surface area contributed by atoms with Crippen molar-refractivity contribution >= 4 is 23.3 Å². The van der Waals surface area contributed by atoms with E-state index in [1.165, 1.54) is 0 Å². The Morgan fingerprint density at radius 3 is 2.45 bits per heavy atom. The molecular formula is C18H23N3O. The summed E-state index contributed by atoms with van der Waals surface area (Å²) in [5.74, 6) is 0.236. The highest BCUT2D eigenvalue weighted by Crippen LogP contribution is 2.25. The smallest absolute Gasteiger partial charge is 0.126 e. The van der Waals surface area contributed by atoms with E-state index >= 15 is 0 Å². The highest BCUT2D eigenvalue weighted by molar-refractivity contribution is 5.86. The Kier molecular flexibility index (Phi) is 5.04. The van der Waals surface area contributed by atoms with Gasteiger partial charge >= 0.3 is 0 Å². The van der Waals surface area contributed by atoms with Gasteiger partial charge in [0.15, 0.2) is 0 Å². The Hall–Kier alpha value is -2.49. The Morgan fingerprint density at radius 2 is 1.86 bits per heavy atom. The molecule has 0 unspecified atom stereocenters. The van der Waals surface area contributed by atoms with Gasteiger partial charge in [-0.1, -0.05) is 0 Å². The number of aryl methyl sites for hydroxylation is 1. The first kappa shape index (κ1) is 15.9. The van der Waals surface area contributed by atoms with Crippen LogP contribution in [0.25, 0.3) is 0 Å². The van der Waals surface area contributed by atoms with Crippen LogP contribution in [0.1, 0.15) is 25.0 Å². The third-order valence-corrected chi connectivity index (χ3v) is 3.75. The first-order chi connectivity index (χ1) is 10.5. The van der Waals surface area contributed by atoms with Crippen LogP contribution in [-0.2, 0) is 0 Å². The molecule has 4 heteroatoms. The Labute approximate surface area is 131 Å². The second-order valence-corrected chi connectivity index (χ2v) is 5.21. The molecule has 0 heterocycles. The Morgan fingerprint density at radius 1 is 1.14 bits per heavy atom. The summed E-state index contributed by atoms with van der Waals surface area (Å²) in [6, 6.07) is 11.3. The molecule has 0 aliphatic rings. The lowest BCUT2D eigenvalue weighted by molar-refractivity contribution is 0.474. The van der Waals surface area contributed by atoms with Crippen LogP contribution in [0.5, 0.6) is 5.75 Å². The molecule has 0 aromatic heterocycles. The lowest BCUT2D eigenvalue weighted by Gasteiger charge is -2.21. The minimum Gasteiger partial charge on any atom is -0.507 e. The van der Waals surface area contributed by atoms with E-state index in [2.05, 4.69) is 23.7 Å². The summed E-state index contributed by atoms with van der Waals surface area (Å²) in [4.78, 5) is 6.58. The minimum atomic E-state index is 0.236. The largest absolute Gasteiger partial charge is 0.507 e. The fourth-order valence-corrected chi connectivity index (χ4v) is 2.31. The lowest BCUT2D eigenvalue weighted by atomic mass is 10.1. The van der Waals surface area contributed by atoms with Crippen LogP contribution >= 0.6 is 0 Å². The number of anilines is 2. The van der Waals surface area contributed by atoms with E-state index < -0.39 is 0 Å². The normalized spacial score (nSPS) is 11.0. The van der Waals surface area contributed by atoms with Crippen molar-refractivity contribution < 1.29 is 5.11 Å². The molecule has 0 saturated carbocycles. The summed E-state index contributed by atoms with van der Waals surface area (Å²) in [6.45, 7) is 7.96. The summed E-state index contributed by atoms with van der Waals surface area (Å²) in [6.07, 6.45) is 1.67. The number of aromatic hydroxyl groups is 1. The van der Waals surface area contributed by atoms with E-state index in [1.54, 1.807) is 12.3 Å². The zero-order valence-corrected chi connectivity index (χ0v) is 13.4. The van der Waals surface area contributed by atoms with Crippen LogP contribution in [0.15, 0.2) is 41.4 Å². The van der Waals surface area contributed by atoms with Crippen molar-refractivity contribution in [3.63, 3.8) is 0 Å². The highest BCUT2D eigenvalue weighted by Gasteiger charge is 2.05. The molecule has 0 spiro atoms. The fourth-order valence-electron chi connectivity index (χ4n) is 2.31. The van der Waals surface area contributed by atoms with Crippen LogP contribution in [0.4, 0.5) is 17.1 Å². The average Bonchev–Trinajstić information content (AvgIpc) is 2.51. The predicted molar refractivity (Wildman–Crippen MR) is 94.5 cm³/mol. The van der Waals surface area contributed by atoms with Gasteiger partial charge in [-0.2, -0.15) is 0 Å². The molecule has 0 aliphatic carbocycles. The van der Waals surface area contributed by atoms with E-state index in [-0.39, 0.29) is 5.75 Å². The second kappa shape index (κ2) is 6.98. The molecule has 0 amide bonds. The van der Waals surface area contributed by atoms with Crippen molar-refractivity contribution in [2.45, 2.75) is 20.8 Å². The standard InChI is InChI=1S/C18H23N3O/c1-4-21(5-2)16-8-6-14(18(22)11-16)12-20-15-7-9-17(19)13(3)10-15/h6-12,22H,4-5,19H2,1-3H3. The van der Waals surface area contributed by atoms with Gasteiger partial charge in [-0.3, -0.25) is 4.99 Å². The topological polar surface area (TPSA) is 61.8 Å². The first-order valence-electron chi connectivity index (χ1n) is 7.53. The van der Waals surface area contributed by atoms with Crippen LogP contribution < -0.4 is 10.6 Å². The van der Waals surface area contributed by atoms with Crippen LogP contribution in [0.2, 0.25) is 0 Å². The third-order valence-electron chi connectivity index (χ3n) is 3.75. The van der Waals surface area contributed by atoms with Crippen molar-refractivity contribution in [3.05, 3.63) is 47.5 Å². The van der Waals surface area contributed by atoms with Gasteiger partial charge in [0.25, 0.3) is 0 Å². The van der Waals surface area contributed by atoms with Crippen molar-refractivity contribution in [1.29, 1.82) is 0 Å². The van der Waals surface area contributed by atoms with Crippen LogP contribution in [-0.4, -0.2) is 24.4 Å². The maximum atomic E-state index is 10.2. The van der Waals surface area contributed by atoms with Crippen LogP contribution in [0, 0.1) is 6.92 Å². The molecule has 0 aliphatic heterocycles. The number of nitrogen functional groups attached to an aromatic ring is 1. The Balaban J connectivity index is 2.22. The molecule has 2 rings (SSSR count). The summed E-state index contributed by atoms with van der Waals surface area (Å²) >= 11 is 0. The maximum absolute atomic E-state index is 10.2. The van der Waals surface area contributed by atoms with Gasteiger partial charge in [-0.15, -0.1) is 0 Å². The summed E-state index contributed by atoms with van der Waals surface area (Å²) in [5, 5.41) is 10.2. The van der Waals surface area contributed by atoms with Gasteiger partial charge in [0, 0.05) is 42.3 Å². The van der Waals surface area contributed by atoms with E-state index in [9.17, 15) is 5.11 Å². The second-order valence-electron chi connectivity index (χ2n) is 5.21. The number of phenolic OH excluding ortho intramolecular Hbond substituents is 1. The van der Waals surface area contributed by atoms with E-state index in [0.717, 1.165) is 35.7 Å². The summed E-state index contributed by atoms with van der Waals surface area (Å²) in [5.41, 5.74) is 10.1. The maximum Gasteiger partial charge on any atom is 0.126 e. The third kappa shape index (κ3) is 3.58. The molecule has 22 heavy (non-hydrogen) atoms. The molecule has 2 aromatic carbocycles. The van der Waals surface area contributed by atoms with Gasteiger partial charge in [0.05, 0.1) is 5.69 Å². The van der Waals surface area contributed by atoms with Crippen molar-refractivity contribution in [2.75, 3.05) is 23.7 Å². The lowest BCUT2D eigenvalue weighted by Crippen LogP contribution is -2.21. The fraction of sp³-hybridized carbons (Fsp3) is 0.278. The molecule has 0 bridgehead atoms. The predicted octanol–water partition coefficient (Wildman–Crippen LogP) is 3.88. The number of rotatable bonds is 5. The molecule has 116 valence electrons. The molecule has 2 aromatic rings. The number of nitrogens with two attached hydrogens (primary N) is 1. The molecule has 0 fully saturated rings. The quantitative estimate of drug-likeness (QED) is 0.650. The van der Waals surface area contributed by atoms with Crippen molar-refractivity contribution in [2.24, 2.45) is 4.99 Å². The molecule has 4 nitrogen and oxygen atoms in total.